The molecule has 0 fully saturated rings. The van der Waals surface area contributed by atoms with Gasteiger partial charge in [-0.2, -0.15) is 0 Å². The molecule has 8 heteroatoms. The number of hydrogen-bond acceptors (Lipinski definition) is 4. The van der Waals surface area contributed by atoms with Crippen molar-refractivity contribution in [3.8, 4) is 0 Å². The fourth-order valence-electron chi connectivity index (χ4n) is 2.54. The molecule has 0 aliphatic rings. The molecule has 1 aromatic heterocycles. The Bertz CT molecular complexity index is 717. The smallest absolute Gasteiger partial charge is 0.241 e. The van der Waals surface area contributed by atoms with Gasteiger partial charge in [-0.15, -0.1) is 24.8 Å². The summed E-state index contributed by atoms with van der Waals surface area (Å²) in [6, 6.07) is 14.8. The lowest BCUT2D eigenvalue weighted by Gasteiger charge is -2.21. The van der Waals surface area contributed by atoms with Gasteiger partial charge in [-0.25, -0.2) is 0 Å². The lowest BCUT2D eigenvalue weighted by atomic mass is 9.95. The number of nitrogens with zero attached hydrogens (tertiary/aromatic N) is 2. The maximum atomic E-state index is 12.3. The molecule has 2 aromatic rings. The van der Waals surface area contributed by atoms with Crippen LogP contribution in [0.2, 0.25) is 0 Å². The van der Waals surface area contributed by atoms with Gasteiger partial charge in [-0.1, -0.05) is 43.3 Å². The third-order valence-corrected chi connectivity index (χ3v) is 4.41. The fourth-order valence-corrected chi connectivity index (χ4v) is 2.54. The topological polar surface area (TPSA) is 88.3 Å². The van der Waals surface area contributed by atoms with Crippen molar-refractivity contribution in [3.63, 3.8) is 0 Å². The molecule has 0 saturated carbocycles. The van der Waals surface area contributed by atoms with E-state index in [-0.39, 0.29) is 43.2 Å². The van der Waals surface area contributed by atoms with Crippen molar-refractivity contribution >= 4 is 36.6 Å². The Hall–Kier alpha value is -2.15. The number of hydrogen-bond donors (Lipinski definition) is 2. The third-order valence-electron chi connectivity index (χ3n) is 4.41. The summed E-state index contributed by atoms with van der Waals surface area (Å²) in [5, 5.41) is 2.69. The van der Waals surface area contributed by atoms with Crippen LogP contribution in [0, 0.1) is 5.92 Å². The van der Waals surface area contributed by atoms with E-state index in [1.807, 2.05) is 48.5 Å². The van der Waals surface area contributed by atoms with Gasteiger partial charge in [0.05, 0.1) is 12.5 Å². The van der Waals surface area contributed by atoms with Gasteiger partial charge >= 0.3 is 0 Å². The van der Waals surface area contributed by atoms with Crippen LogP contribution >= 0.6 is 24.8 Å². The quantitative estimate of drug-likeness (QED) is 0.677. The van der Waals surface area contributed by atoms with Crippen molar-refractivity contribution in [2.45, 2.75) is 19.4 Å². The van der Waals surface area contributed by atoms with E-state index in [0.717, 1.165) is 11.3 Å². The molecule has 6 nitrogen and oxygen atoms in total. The minimum Gasteiger partial charge on any atom is -0.347 e. The van der Waals surface area contributed by atoms with Gasteiger partial charge in [0.1, 0.15) is 0 Å². The SMILES string of the molecule is CC(C(=O)NCC(=O)N(C)CCc1ccccn1)C(N)c1ccccc1.Cl.Cl. The maximum Gasteiger partial charge on any atom is 0.241 e. The molecule has 0 saturated heterocycles. The summed E-state index contributed by atoms with van der Waals surface area (Å²) in [5.74, 6) is -0.799. The minimum atomic E-state index is -0.427. The molecular formula is C20H28Cl2N4O2. The molecule has 0 bridgehead atoms. The summed E-state index contributed by atoms with van der Waals surface area (Å²) in [6.07, 6.45) is 2.40. The zero-order chi connectivity index (χ0) is 18.9. The van der Waals surface area contributed by atoms with Crippen molar-refractivity contribution in [3.05, 3.63) is 66.0 Å². The van der Waals surface area contributed by atoms with Crippen LogP contribution < -0.4 is 11.1 Å². The van der Waals surface area contributed by atoms with Crippen LogP contribution in [0.25, 0.3) is 0 Å². The van der Waals surface area contributed by atoms with E-state index in [1.54, 1.807) is 25.1 Å². The minimum absolute atomic E-state index is 0. The van der Waals surface area contributed by atoms with Crippen molar-refractivity contribution < 1.29 is 9.59 Å². The number of carbonyl (C=O) groups excluding carboxylic acids is 2. The fraction of sp³-hybridized carbons (Fsp3) is 0.350. The zero-order valence-electron chi connectivity index (χ0n) is 16.1. The molecule has 1 aromatic carbocycles. The molecule has 0 aliphatic carbocycles. The second kappa shape index (κ2) is 13.1. The van der Waals surface area contributed by atoms with Crippen LogP contribution in [0.3, 0.4) is 0 Å². The number of pyridine rings is 1. The van der Waals surface area contributed by atoms with E-state index in [4.69, 9.17) is 5.73 Å². The van der Waals surface area contributed by atoms with Crippen molar-refractivity contribution in [1.82, 2.24) is 15.2 Å². The van der Waals surface area contributed by atoms with Crippen LogP contribution in [0.5, 0.6) is 0 Å². The summed E-state index contributed by atoms with van der Waals surface area (Å²) < 4.78 is 0. The summed E-state index contributed by atoms with van der Waals surface area (Å²) in [5.41, 5.74) is 7.98. The van der Waals surface area contributed by atoms with Gasteiger partial charge in [0, 0.05) is 37.9 Å². The standard InChI is InChI=1S/C20H26N4O2.2ClH/c1-15(19(21)16-8-4-3-5-9-16)20(26)23-14-18(25)24(2)13-11-17-10-6-7-12-22-17;;/h3-10,12,15,19H,11,13-14,21H2,1-2H3,(H,23,26);2*1H. The number of amides is 2. The van der Waals surface area contributed by atoms with E-state index in [1.165, 1.54) is 0 Å². The number of benzene rings is 1. The molecule has 2 rings (SSSR count). The molecule has 2 amide bonds. The Morgan fingerprint density at radius 3 is 2.36 bits per heavy atom. The van der Waals surface area contributed by atoms with E-state index in [9.17, 15) is 9.59 Å². The van der Waals surface area contributed by atoms with Gasteiger partial charge in [0.25, 0.3) is 0 Å². The molecule has 0 spiro atoms. The summed E-state index contributed by atoms with van der Waals surface area (Å²) in [7, 11) is 1.72. The Morgan fingerprint density at radius 2 is 1.75 bits per heavy atom. The lowest BCUT2D eigenvalue weighted by molar-refractivity contribution is -0.133. The van der Waals surface area contributed by atoms with E-state index < -0.39 is 12.0 Å². The number of rotatable bonds is 8. The van der Waals surface area contributed by atoms with E-state index in [2.05, 4.69) is 10.3 Å². The van der Waals surface area contributed by atoms with Gasteiger partial charge in [0.2, 0.25) is 11.8 Å². The first-order valence-electron chi connectivity index (χ1n) is 8.71. The van der Waals surface area contributed by atoms with Crippen LogP contribution in [-0.4, -0.2) is 41.8 Å². The first kappa shape index (κ1) is 25.9. The van der Waals surface area contributed by atoms with Gasteiger partial charge in [0.15, 0.2) is 0 Å². The van der Waals surface area contributed by atoms with Crippen LogP contribution in [0.4, 0.5) is 0 Å². The molecule has 0 aliphatic heterocycles. The number of carbonyl (C=O) groups is 2. The number of nitrogens with one attached hydrogen (secondary N) is 1. The van der Waals surface area contributed by atoms with E-state index >= 15 is 0 Å². The van der Waals surface area contributed by atoms with Crippen molar-refractivity contribution in [2.24, 2.45) is 11.7 Å². The molecule has 1 heterocycles. The predicted molar refractivity (Wildman–Crippen MR) is 116 cm³/mol. The molecule has 0 radical (unpaired) electrons. The second-order valence-electron chi connectivity index (χ2n) is 6.33. The normalized spacial score (nSPS) is 12.0. The molecular weight excluding hydrogens is 399 g/mol. The molecule has 2 unspecified atom stereocenters. The van der Waals surface area contributed by atoms with Gasteiger partial charge < -0.3 is 16.0 Å². The van der Waals surface area contributed by atoms with Crippen LogP contribution in [-0.2, 0) is 16.0 Å². The summed E-state index contributed by atoms with van der Waals surface area (Å²) in [4.78, 5) is 30.3. The van der Waals surface area contributed by atoms with Crippen molar-refractivity contribution in [1.29, 1.82) is 0 Å². The highest BCUT2D eigenvalue weighted by Gasteiger charge is 2.22. The average molecular weight is 427 g/mol. The highest BCUT2D eigenvalue weighted by Crippen LogP contribution is 2.18. The Kier molecular flexibility index (Phi) is 12.1. The van der Waals surface area contributed by atoms with Crippen molar-refractivity contribution in [2.75, 3.05) is 20.1 Å². The first-order valence-corrected chi connectivity index (χ1v) is 8.71. The number of halogens is 2. The second-order valence-corrected chi connectivity index (χ2v) is 6.33. The highest BCUT2D eigenvalue weighted by molar-refractivity contribution is 5.86. The molecule has 2 atom stereocenters. The molecule has 28 heavy (non-hydrogen) atoms. The largest absolute Gasteiger partial charge is 0.347 e. The van der Waals surface area contributed by atoms with E-state index in [0.29, 0.717) is 13.0 Å². The summed E-state index contributed by atoms with van der Waals surface area (Å²) >= 11 is 0. The zero-order valence-corrected chi connectivity index (χ0v) is 17.7. The highest BCUT2D eigenvalue weighted by atomic mass is 35.5. The maximum absolute atomic E-state index is 12.3. The van der Waals surface area contributed by atoms with Gasteiger partial charge in [-0.05, 0) is 17.7 Å². The lowest BCUT2D eigenvalue weighted by Crippen LogP contribution is -2.42. The molecule has 154 valence electrons. The average Bonchev–Trinajstić information content (AvgIpc) is 2.70. The predicted octanol–water partition coefficient (Wildman–Crippen LogP) is 2.38. The molecule has 3 N–H and O–H groups in total. The number of aromatic nitrogens is 1. The van der Waals surface area contributed by atoms with Gasteiger partial charge in [-0.3, -0.25) is 14.6 Å². The summed E-state index contributed by atoms with van der Waals surface area (Å²) in [6.45, 7) is 2.27. The third kappa shape index (κ3) is 7.84. The Balaban J connectivity index is 0.00000364. The van der Waals surface area contributed by atoms with Crippen LogP contribution in [0.1, 0.15) is 24.2 Å². The first-order chi connectivity index (χ1) is 12.5. The van der Waals surface area contributed by atoms with Crippen LogP contribution in [0.15, 0.2) is 54.7 Å². The Morgan fingerprint density at radius 1 is 1.11 bits per heavy atom. The number of likely N-dealkylation sites (N-methyl/N-ethyl adjacent to an activating group) is 1. The number of nitrogens with two attached hydrogens (primary N) is 1. The Labute approximate surface area is 178 Å². The monoisotopic (exact) mass is 426 g/mol.